The Morgan fingerprint density at radius 3 is 2.79 bits per heavy atom. The van der Waals surface area contributed by atoms with E-state index in [2.05, 4.69) is 20.9 Å². The molecule has 0 bridgehead atoms. The minimum atomic E-state index is -0.559. The van der Waals surface area contributed by atoms with E-state index in [0.29, 0.717) is 11.0 Å². The van der Waals surface area contributed by atoms with Crippen molar-refractivity contribution in [1.29, 1.82) is 0 Å². The van der Waals surface area contributed by atoms with E-state index < -0.39 is 6.10 Å². The lowest BCUT2D eigenvalue weighted by atomic mass is 10.3. The number of aryl methyl sites for hydroxylation is 2. The summed E-state index contributed by atoms with van der Waals surface area (Å²) in [5.41, 5.74) is 1.22. The largest absolute Gasteiger partial charge is 0.390 e. The van der Waals surface area contributed by atoms with E-state index in [-0.39, 0.29) is 12.2 Å². The molecule has 1 atom stereocenters. The molecule has 0 saturated carbocycles. The van der Waals surface area contributed by atoms with E-state index in [1.54, 1.807) is 6.92 Å². The van der Waals surface area contributed by atoms with Crippen molar-refractivity contribution in [3.63, 3.8) is 0 Å². The van der Waals surface area contributed by atoms with Gasteiger partial charge in [-0.3, -0.25) is 4.57 Å². The molecular weight excluding hydrogens is 248 g/mol. The van der Waals surface area contributed by atoms with Crippen LogP contribution in [0.25, 0.3) is 0 Å². The lowest BCUT2D eigenvalue weighted by molar-refractivity contribution is 0.176. The third kappa shape index (κ3) is 2.65. The third-order valence-corrected chi connectivity index (χ3v) is 2.67. The van der Waals surface area contributed by atoms with Gasteiger partial charge in [-0.1, -0.05) is 15.9 Å². The van der Waals surface area contributed by atoms with Crippen LogP contribution < -0.4 is 5.69 Å². The number of halogens is 1. The molecule has 0 radical (unpaired) electrons. The summed E-state index contributed by atoms with van der Waals surface area (Å²) in [6.45, 7) is 3.89. The van der Waals surface area contributed by atoms with E-state index in [4.69, 9.17) is 0 Å². The van der Waals surface area contributed by atoms with Gasteiger partial charge in [0, 0.05) is 16.7 Å². The molecule has 0 aliphatic rings. The Kier molecular flexibility index (Phi) is 3.83. The van der Waals surface area contributed by atoms with Crippen LogP contribution >= 0.6 is 15.9 Å². The average molecular weight is 261 g/mol. The maximum atomic E-state index is 11.4. The van der Waals surface area contributed by atoms with Gasteiger partial charge in [0.05, 0.1) is 12.6 Å². The predicted octanol–water partition coefficient (Wildman–Crippen LogP) is 0.616. The van der Waals surface area contributed by atoms with Crippen molar-refractivity contribution in [2.45, 2.75) is 26.5 Å². The Morgan fingerprint density at radius 1 is 1.64 bits per heavy atom. The van der Waals surface area contributed by atoms with Crippen molar-refractivity contribution in [3.05, 3.63) is 27.9 Å². The van der Waals surface area contributed by atoms with Crippen molar-refractivity contribution in [2.24, 2.45) is 0 Å². The minimum absolute atomic E-state index is 0.281. The lowest BCUT2D eigenvalue weighted by Gasteiger charge is -2.12. The van der Waals surface area contributed by atoms with Crippen molar-refractivity contribution in [2.75, 3.05) is 5.33 Å². The third-order valence-electron chi connectivity index (χ3n) is 1.92. The number of aromatic nitrogens is 2. The topological polar surface area (TPSA) is 55.1 Å². The zero-order valence-electron chi connectivity index (χ0n) is 8.20. The fourth-order valence-corrected chi connectivity index (χ4v) is 1.46. The number of aliphatic hydroxyl groups excluding tert-OH is 1. The number of rotatable bonds is 3. The van der Waals surface area contributed by atoms with Gasteiger partial charge in [0.1, 0.15) is 0 Å². The summed E-state index contributed by atoms with van der Waals surface area (Å²) < 4.78 is 1.47. The molecule has 14 heavy (non-hydrogen) atoms. The van der Waals surface area contributed by atoms with Gasteiger partial charge in [-0.25, -0.2) is 4.79 Å². The Hall–Kier alpha value is -0.680. The molecule has 0 spiro atoms. The summed E-state index contributed by atoms with van der Waals surface area (Å²) in [5, 5.41) is 9.85. The highest BCUT2D eigenvalue weighted by Crippen LogP contribution is 2.00. The second-order valence-electron chi connectivity index (χ2n) is 3.24. The average Bonchev–Trinajstić information content (AvgIpc) is 2.10. The van der Waals surface area contributed by atoms with Gasteiger partial charge in [-0.15, -0.1) is 0 Å². The summed E-state index contributed by atoms with van der Waals surface area (Å²) in [6, 6.07) is 1.82. The quantitative estimate of drug-likeness (QED) is 0.811. The maximum Gasteiger partial charge on any atom is 0.348 e. The molecule has 0 saturated heterocycles. The second kappa shape index (κ2) is 4.70. The number of alkyl halides is 1. The van der Waals surface area contributed by atoms with Crippen molar-refractivity contribution in [3.8, 4) is 0 Å². The highest BCUT2D eigenvalue weighted by atomic mass is 79.9. The van der Waals surface area contributed by atoms with Crippen LogP contribution in [0.2, 0.25) is 0 Å². The first kappa shape index (κ1) is 11.4. The molecule has 1 aromatic heterocycles. The fourth-order valence-electron chi connectivity index (χ4n) is 1.26. The van der Waals surface area contributed by atoms with Gasteiger partial charge in [0.15, 0.2) is 0 Å². The summed E-state index contributed by atoms with van der Waals surface area (Å²) in [6.07, 6.45) is -0.559. The van der Waals surface area contributed by atoms with E-state index in [9.17, 15) is 9.90 Å². The molecule has 0 aliphatic carbocycles. The summed E-state index contributed by atoms with van der Waals surface area (Å²) in [5.74, 6) is 0. The Labute approximate surface area is 90.7 Å². The second-order valence-corrected chi connectivity index (χ2v) is 3.89. The minimum Gasteiger partial charge on any atom is -0.390 e. The van der Waals surface area contributed by atoms with Crippen LogP contribution in [0.4, 0.5) is 0 Å². The number of aliphatic hydroxyl groups is 1. The van der Waals surface area contributed by atoms with Crippen LogP contribution in [0.5, 0.6) is 0 Å². The predicted molar refractivity (Wildman–Crippen MR) is 57.8 cm³/mol. The molecule has 1 aromatic rings. The number of hydrogen-bond donors (Lipinski definition) is 1. The molecule has 1 rings (SSSR count). The maximum absolute atomic E-state index is 11.4. The molecule has 0 fully saturated rings. The zero-order valence-corrected chi connectivity index (χ0v) is 9.78. The van der Waals surface area contributed by atoms with Gasteiger partial charge in [0.25, 0.3) is 0 Å². The van der Waals surface area contributed by atoms with Gasteiger partial charge >= 0.3 is 5.69 Å². The summed E-state index contributed by atoms with van der Waals surface area (Å²) >= 11 is 3.15. The molecule has 1 N–H and O–H groups in total. The number of nitrogens with zero attached hydrogens (tertiary/aromatic N) is 2. The first-order chi connectivity index (χ1) is 6.54. The van der Waals surface area contributed by atoms with Crippen LogP contribution in [0.1, 0.15) is 11.4 Å². The van der Waals surface area contributed by atoms with Crippen molar-refractivity contribution >= 4 is 15.9 Å². The molecule has 4 nitrogen and oxygen atoms in total. The van der Waals surface area contributed by atoms with Crippen LogP contribution in [-0.2, 0) is 6.54 Å². The SMILES string of the molecule is Cc1cc(C)n(CC(O)CBr)c(=O)n1. The molecule has 78 valence electrons. The molecular formula is C9H13BrN2O2. The highest BCUT2D eigenvalue weighted by Gasteiger charge is 2.07. The van der Waals surface area contributed by atoms with Crippen molar-refractivity contribution < 1.29 is 5.11 Å². The van der Waals surface area contributed by atoms with E-state index in [1.165, 1.54) is 4.57 Å². The van der Waals surface area contributed by atoms with E-state index in [1.807, 2.05) is 13.0 Å². The smallest absolute Gasteiger partial charge is 0.348 e. The molecule has 0 amide bonds. The van der Waals surface area contributed by atoms with Crippen LogP contribution in [-0.4, -0.2) is 26.1 Å². The highest BCUT2D eigenvalue weighted by molar-refractivity contribution is 9.09. The van der Waals surface area contributed by atoms with E-state index >= 15 is 0 Å². The number of hydrogen-bond acceptors (Lipinski definition) is 3. The van der Waals surface area contributed by atoms with Gasteiger partial charge in [-0.05, 0) is 19.9 Å². The Bertz CT molecular complexity index is 376. The first-order valence-corrected chi connectivity index (χ1v) is 5.46. The standard InChI is InChI=1S/C9H13BrN2O2/c1-6-3-7(2)12(9(14)11-6)5-8(13)4-10/h3,8,13H,4-5H2,1-2H3. The van der Waals surface area contributed by atoms with Gasteiger partial charge < -0.3 is 5.11 Å². The molecule has 5 heteroatoms. The molecule has 0 aliphatic heterocycles. The summed E-state index contributed by atoms with van der Waals surface area (Å²) in [7, 11) is 0. The summed E-state index contributed by atoms with van der Waals surface area (Å²) in [4.78, 5) is 15.2. The van der Waals surface area contributed by atoms with Crippen LogP contribution in [0.3, 0.4) is 0 Å². The monoisotopic (exact) mass is 260 g/mol. The first-order valence-electron chi connectivity index (χ1n) is 4.33. The van der Waals surface area contributed by atoms with Crippen molar-refractivity contribution in [1.82, 2.24) is 9.55 Å². The Balaban J connectivity index is 3.03. The zero-order chi connectivity index (χ0) is 10.7. The van der Waals surface area contributed by atoms with Crippen LogP contribution in [0, 0.1) is 13.8 Å². The van der Waals surface area contributed by atoms with Crippen LogP contribution in [0.15, 0.2) is 10.9 Å². The fraction of sp³-hybridized carbons (Fsp3) is 0.556. The van der Waals surface area contributed by atoms with Gasteiger partial charge in [-0.2, -0.15) is 4.98 Å². The van der Waals surface area contributed by atoms with Gasteiger partial charge in [0.2, 0.25) is 0 Å². The Morgan fingerprint density at radius 2 is 2.29 bits per heavy atom. The molecule has 1 heterocycles. The molecule has 1 unspecified atom stereocenters. The lowest BCUT2D eigenvalue weighted by Crippen LogP contribution is -2.31. The van der Waals surface area contributed by atoms with E-state index in [0.717, 1.165) is 5.69 Å². The normalized spacial score (nSPS) is 12.9. The molecule has 0 aromatic carbocycles.